The molecule has 12 heteroatoms. The zero-order chi connectivity index (χ0) is 25.3. The maximum Gasteiger partial charge on any atom is 0.318 e. The van der Waals surface area contributed by atoms with Crippen molar-refractivity contribution >= 4 is 50.6 Å². The number of nitrogens with one attached hydrogen (secondary N) is 4. The minimum absolute atomic E-state index is 0.00498. The molecule has 3 amide bonds. The first-order chi connectivity index (χ1) is 16.6. The summed E-state index contributed by atoms with van der Waals surface area (Å²) in [6.07, 6.45) is 0. The van der Waals surface area contributed by atoms with Gasteiger partial charge in [0.1, 0.15) is 5.82 Å². The summed E-state index contributed by atoms with van der Waals surface area (Å²) in [5.74, 6) is -1.53. The number of aryl methyl sites for hydroxylation is 1. The molecule has 0 bridgehead atoms. The van der Waals surface area contributed by atoms with E-state index in [2.05, 4.69) is 21.4 Å². The predicted octanol–water partition coefficient (Wildman–Crippen LogP) is 4.00. The van der Waals surface area contributed by atoms with Crippen molar-refractivity contribution in [2.75, 3.05) is 22.1 Å². The maximum atomic E-state index is 14.1. The van der Waals surface area contributed by atoms with Crippen LogP contribution in [0.4, 0.5) is 26.2 Å². The molecule has 3 aromatic carbocycles. The molecule has 1 heterocycles. The van der Waals surface area contributed by atoms with Crippen molar-refractivity contribution in [1.29, 1.82) is 0 Å². The number of benzene rings is 3. The molecule has 0 aromatic heterocycles. The summed E-state index contributed by atoms with van der Waals surface area (Å²) in [6, 6.07) is 12.6. The molecule has 0 spiro atoms. The van der Waals surface area contributed by atoms with Crippen molar-refractivity contribution in [3.05, 3.63) is 82.1 Å². The van der Waals surface area contributed by atoms with Crippen LogP contribution in [0.15, 0.2) is 59.5 Å². The minimum Gasteiger partial charge on any atom is -0.341 e. The highest BCUT2D eigenvalue weighted by Crippen LogP contribution is 2.34. The molecule has 0 fully saturated rings. The van der Waals surface area contributed by atoms with Gasteiger partial charge in [-0.25, -0.2) is 14.6 Å². The number of halogens is 2. The normalized spacial score (nSPS) is 12.7. The van der Waals surface area contributed by atoms with Crippen molar-refractivity contribution in [2.45, 2.75) is 18.4 Å². The van der Waals surface area contributed by atoms with Crippen molar-refractivity contribution in [3.8, 4) is 0 Å². The highest BCUT2D eigenvalue weighted by atomic mass is 35.5. The number of rotatable bonds is 5. The number of carbonyl (C=O) groups is 2. The quantitative estimate of drug-likeness (QED) is 0.408. The molecule has 9 nitrogen and oxygen atoms in total. The minimum atomic E-state index is -4.04. The lowest BCUT2D eigenvalue weighted by Gasteiger charge is -2.21. The molecule has 0 unspecified atom stereocenters. The second-order valence-electron chi connectivity index (χ2n) is 7.68. The third-order valence-corrected chi connectivity index (χ3v) is 7.35. The first-order valence-corrected chi connectivity index (χ1v) is 12.2. The summed E-state index contributed by atoms with van der Waals surface area (Å²) < 4.78 is 41.9. The summed E-state index contributed by atoms with van der Waals surface area (Å²) >= 11 is 5.97. The van der Waals surface area contributed by atoms with Gasteiger partial charge in [0.15, 0.2) is 0 Å². The molecule has 0 radical (unpaired) electrons. The number of anilines is 3. The smallest absolute Gasteiger partial charge is 0.318 e. The molecular weight excluding hydrogens is 497 g/mol. The lowest BCUT2D eigenvalue weighted by molar-refractivity contribution is 0.102. The number of sulfonamides is 1. The Morgan fingerprint density at radius 2 is 1.86 bits per heavy atom. The number of nitrogens with zero attached hydrogens (tertiary/aromatic N) is 1. The van der Waals surface area contributed by atoms with Crippen LogP contribution in [-0.2, 0) is 16.6 Å². The third kappa shape index (κ3) is 4.78. The van der Waals surface area contributed by atoms with Gasteiger partial charge in [-0.2, -0.15) is 12.8 Å². The second kappa shape index (κ2) is 9.53. The van der Waals surface area contributed by atoms with Gasteiger partial charge >= 0.3 is 6.03 Å². The lowest BCUT2D eigenvalue weighted by Crippen LogP contribution is -2.38. The molecule has 1 aliphatic heterocycles. The van der Waals surface area contributed by atoms with Crippen LogP contribution in [0, 0.1) is 12.7 Å². The monoisotopic (exact) mass is 517 g/mol. The molecule has 3 aromatic rings. The van der Waals surface area contributed by atoms with E-state index in [9.17, 15) is 22.4 Å². The van der Waals surface area contributed by atoms with E-state index in [1.54, 1.807) is 19.1 Å². The molecule has 0 aliphatic carbocycles. The Bertz CT molecular complexity index is 1430. The average molecular weight is 518 g/mol. The van der Waals surface area contributed by atoms with E-state index in [0.29, 0.717) is 22.5 Å². The number of fused-ring (bicyclic) bond motifs is 1. The molecule has 1 aliphatic rings. The van der Waals surface area contributed by atoms with Crippen molar-refractivity contribution < 1.29 is 22.4 Å². The zero-order valence-electron chi connectivity index (χ0n) is 18.6. The number of hydrogen-bond acceptors (Lipinski definition) is 5. The molecule has 0 saturated heterocycles. The second-order valence-corrected chi connectivity index (χ2v) is 9.87. The number of carbonyl (C=O) groups excluding carboxylic acids is 2. The van der Waals surface area contributed by atoms with E-state index >= 15 is 0 Å². The van der Waals surface area contributed by atoms with Gasteiger partial charge in [-0.1, -0.05) is 23.7 Å². The third-order valence-electron chi connectivity index (χ3n) is 5.38. The number of urea groups is 1. The maximum absolute atomic E-state index is 14.1. The Morgan fingerprint density at radius 3 is 2.54 bits per heavy atom. The van der Waals surface area contributed by atoms with Gasteiger partial charge < -0.3 is 16.0 Å². The summed E-state index contributed by atoms with van der Waals surface area (Å²) in [4.78, 5) is 24.2. The van der Waals surface area contributed by atoms with Crippen LogP contribution in [0.3, 0.4) is 0 Å². The summed E-state index contributed by atoms with van der Waals surface area (Å²) in [6.45, 7) is 1.92. The summed E-state index contributed by atoms with van der Waals surface area (Å²) in [7, 11) is -2.56. The summed E-state index contributed by atoms with van der Waals surface area (Å²) in [5.41, 5.74) is 4.81. The zero-order valence-corrected chi connectivity index (χ0v) is 20.2. The standard InChI is InChI=1S/C23H21ClFN5O4S/c1-13-10-16(8-9-19(13)29-23(32)26-2)35(33,34)30-20-11-15(7-6-14(20)12-27-30)28-22(31)21-17(24)4-3-5-18(21)25/h3-11,27H,12H2,1-2H3,(H,28,31)(H2,26,29,32). The van der Waals surface area contributed by atoms with Crippen molar-refractivity contribution in [3.63, 3.8) is 0 Å². The predicted molar refractivity (Wildman–Crippen MR) is 132 cm³/mol. The van der Waals surface area contributed by atoms with E-state index in [1.807, 2.05) is 0 Å². The van der Waals surface area contributed by atoms with Gasteiger partial charge in [0.05, 0.1) is 21.2 Å². The van der Waals surface area contributed by atoms with Crippen LogP contribution < -0.4 is 25.8 Å². The van der Waals surface area contributed by atoms with Gasteiger partial charge in [0, 0.05) is 25.0 Å². The fraction of sp³-hybridized carbons (Fsp3) is 0.130. The highest BCUT2D eigenvalue weighted by Gasteiger charge is 2.32. The molecule has 4 rings (SSSR count). The van der Waals surface area contributed by atoms with Crippen molar-refractivity contribution in [2.24, 2.45) is 0 Å². The molecule has 0 saturated carbocycles. The molecule has 4 N–H and O–H groups in total. The largest absolute Gasteiger partial charge is 0.341 e. The number of hydrogen-bond donors (Lipinski definition) is 4. The van der Waals surface area contributed by atoms with Gasteiger partial charge in [-0.3, -0.25) is 4.79 Å². The Balaban J connectivity index is 1.62. The Labute approximate surface area is 206 Å². The molecule has 35 heavy (non-hydrogen) atoms. The first kappa shape index (κ1) is 24.5. The van der Waals surface area contributed by atoms with Crippen LogP contribution in [0.25, 0.3) is 0 Å². The van der Waals surface area contributed by atoms with E-state index < -0.39 is 27.8 Å². The van der Waals surface area contributed by atoms with Crippen LogP contribution in [0.5, 0.6) is 0 Å². The van der Waals surface area contributed by atoms with E-state index in [1.165, 1.54) is 43.4 Å². The van der Waals surface area contributed by atoms with E-state index in [-0.39, 0.29) is 27.7 Å². The fourth-order valence-electron chi connectivity index (χ4n) is 3.57. The SMILES string of the molecule is CNC(=O)Nc1ccc(S(=O)(=O)N2NCc3ccc(NC(=O)c4c(F)cccc4Cl)cc32)cc1C. The van der Waals surface area contributed by atoms with Crippen molar-refractivity contribution in [1.82, 2.24) is 10.7 Å². The lowest BCUT2D eigenvalue weighted by atomic mass is 10.1. The van der Waals surface area contributed by atoms with Gasteiger partial charge in [-0.15, -0.1) is 0 Å². The highest BCUT2D eigenvalue weighted by molar-refractivity contribution is 7.92. The van der Waals surface area contributed by atoms with Crippen LogP contribution in [0.2, 0.25) is 5.02 Å². The van der Waals surface area contributed by atoms with Gasteiger partial charge in [-0.05, 0) is 60.5 Å². The molecular formula is C23H21ClFN5O4S. The fourth-order valence-corrected chi connectivity index (χ4v) is 5.26. The first-order valence-electron chi connectivity index (χ1n) is 10.4. The van der Waals surface area contributed by atoms with E-state index in [4.69, 9.17) is 11.6 Å². The Morgan fingerprint density at radius 1 is 1.09 bits per heavy atom. The number of amides is 3. The molecule has 182 valence electrons. The average Bonchev–Trinajstić information content (AvgIpc) is 3.24. The number of hydrazine groups is 1. The Kier molecular flexibility index (Phi) is 6.66. The van der Waals surface area contributed by atoms with Gasteiger partial charge in [0.25, 0.3) is 15.9 Å². The molecule has 0 atom stereocenters. The van der Waals surface area contributed by atoms with Gasteiger partial charge in [0.2, 0.25) is 0 Å². The van der Waals surface area contributed by atoms with Crippen LogP contribution in [-0.4, -0.2) is 27.4 Å². The summed E-state index contributed by atoms with van der Waals surface area (Å²) in [5, 5.41) is 7.57. The van der Waals surface area contributed by atoms with E-state index in [0.717, 1.165) is 10.5 Å². The topological polar surface area (TPSA) is 120 Å². The van der Waals surface area contributed by atoms with Crippen LogP contribution in [0.1, 0.15) is 21.5 Å². The van der Waals surface area contributed by atoms with Crippen LogP contribution >= 0.6 is 11.6 Å². The Hall–Kier alpha value is -3.67.